The number of rotatable bonds is 3. The number of hydrogen-bond donors (Lipinski definition) is 1. The van der Waals surface area contributed by atoms with Crippen molar-refractivity contribution in [2.75, 3.05) is 5.32 Å². The summed E-state index contributed by atoms with van der Waals surface area (Å²) in [6.07, 6.45) is 3.69. The maximum Gasteiger partial charge on any atom is 0.0946 e. The number of nitrogens with one attached hydrogen (secondary N) is 1. The standard InChI is InChI=1S/C11H12IN3/c1-15-8-13-6-9(15)7-14-11-5-3-2-4-10(11)12/h2-6,8,14H,7H2,1H3. The predicted octanol–water partition coefficient (Wildman–Crippen LogP) is 2.64. The van der Waals surface area contributed by atoms with E-state index in [0.717, 1.165) is 6.54 Å². The molecule has 0 radical (unpaired) electrons. The fourth-order valence-electron chi connectivity index (χ4n) is 1.35. The van der Waals surface area contributed by atoms with Gasteiger partial charge in [0.1, 0.15) is 0 Å². The van der Waals surface area contributed by atoms with Crippen LogP contribution in [0.25, 0.3) is 0 Å². The van der Waals surface area contributed by atoms with E-state index in [1.807, 2.05) is 36.3 Å². The molecule has 1 aromatic heterocycles. The molecule has 4 heteroatoms. The third-order valence-corrected chi connectivity index (χ3v) is 3.19. The van der Waals surface area contributed by atoms with Crippen molar-refractivity contribution in [2.24, 2.45) is 7.05 Å². The van der Waals surface area contributed by atoms with E-state index < -0.39 is 0 Å². The second kappa shape index (κ2) is 4.65. The molecule has 3 nitrogen and oxygen atoms in total. The molecule has 1 aromatic carbocycles. The van der Waals surface area contributed by atoms with E-state index in [-0.39, 0.29) is 0 Å². The monoisotopic (exact) mass is 313 g/mol. The number of aryl methyl sites for hydroxylation is 1. The molecule has 0 atom stereocenters. The number of benzene rings is 1. The lowest BCUT2D eigenvalue weighted by molar-refractivity contribution is 0.837. The Morgan fingerprint density at radius 3 is 2.87 bits per heavy atom. The van der Waals surface area contributed by atoms with Crippen LogP contribution in [0.15, 0.2) is 36.8 Å². The summed E-state index contributed by atoms with van der Waals surface area (Å²) in [4.78, 5) is 4.08. The molecule has 2 rings (SSSR count). The van der Waals surface area contributed by atoms with Gasteiger partial charge < -0.3 is 9.88 Å². The average Bonchev–Trinajstić information content (AvgIpc) is 2.63. The van der Waals surface area contributed by atoms with Crippen LogP contribution in [0.2, 0.25) is 0 Å². The highest BCUT2D eigenvalue weighted by atomic mass is 127. The highest BCUT2D eigenvalue weighted by Gasteiger charge is 2.00. The van der Waals surface area contributed by atoms with E-state index in [1.165, 1.54) is 15.0 Å². The molecular formula is C11H12IN3. The number of nitrogens with zero attached hydrogens (tertiary/aromatic N) is 2. The Morgan fingerprint density at radius 2 is 2.20 bits per heavy atom. The van der Waals surface area contributed by atoms with Gasteiger partial charge in [-0.2, -0.15) is 0 Å². The van der Waals surface area contributed by atoms with E-state index >= 15 is 0 Å². The first-order chi connectivity index (χ1) is 7.27. The van der Waals surface area contributed by atoms with Gasteiger partial charge >= 0.3 is 0 Å². The van der Waals surface area contributed by atoms with Gasteiger partial charge in [-0.3, -0.25) is 0 Å². The van der Waals surface area contributed by atoms with Crippen LogP contribution >= 0.6 is 22.6 Å². The minimum atomic E-state index is 0.802. The molecule has 0 saturated heterocycles. The van der Waals surface area contributed by atoms with Crippen LogP contribution in [0.3, 0.4) is 0 Å². The van der Waals surface area contributed by atoms with Gasteiger partial charge in [0.2, 0.25) is 0 Å². The first kappa shape index (κ1) is 10.5. The summed E-state index contributed by atoms with van der Waals surface area (Å²) in [5.74, 6) is 0. The van der Waals surface area contributed by atoms with Crippen molar-refractivity contribution in [2.45, 2.75) is 6.54 Å². The zero-order chi connectivity index (χ0) is 10.7. The molecule has 0 bridgehead atoms. The topological polar surface area (TPSA) is 29.9 Å². The molecule has 0 aliphatic carbocycles. The smallest absolute Gasteiger partial charge is 0.0946 e. The van der Waals surface area contributed by atoms with Crippen LogP contribution in [-0.4, -0.2) is 9.55 Å². The van der Waals surface area contributed by atoms with Crippen molar-refractivity contribution in [1.82, 2.24) is 9.55 Å². The maximum absolute atomic E-state index is 4.08. The van der Waals surface area contributed by atoms with E-state index in [1.54, 1.807) is 0 Å². The number of imidazole rings is 1. The summed E-state index contributed by atoms with van der Waals surface area (Å²) >= 11 is 2.33. The van der Waals surface area contributed by atoms with Crippen LogP contribution in [0.4, 0.5) is 5.69 Å². The molecule has 0 spiro atoms. The lowest BCUT2D eigenvalue weighted by Gasteiger charge is -2.08. The van der Waals surface area contributed by atoms with Crippen molar-refractivity contribution < 1.29 is 0 Å². The van der Waals surface area contributed by atoms with Gasteiger partial charge in [0, 0.05) is 22.5 Å². The first-order valence-corrected chi connectivity index (χ1v) is 5.79. The molecule has 1 N–H and O–H groups in total. The van der Waals surface area contributed by atoms with Crippen molar-refractivity contribution in [3.05, 3.63) is 46.1 Å². The normalized spacial score (nSPS) is 10.3. The largest absolute Gasteiger partial charge is 0.379 e. The second-order valence-corrected chi connectivity index (χ2v) is 4.49. The average molecular weight is 313 g/mol. The van der Waals surface area contributed by atoms with Crippen molar-refractivity contribution in [3.63, 3.8) is 0 Å². The number of para-hydroxylation sites is 1. The molecule has 1 heterocycles. The van der Waals surface area contributed by atoms with Crippen LogP contribution < -0.4 is 5.32 Å². The van der Waals surface area contributed by atoms with Gasteiger partial charge in [-0.25, -0.2) is 4.98 Å². The molecule has 0 saturated carbocycles. The van der Waals surface area contributed by atoms with E-state index in [2.05, 4.69) is 45.0 Å². The fourth-order valence-corrected chi connectivity index (χ4v) is 1.92. The Hall–Kier alpha value is -1.04. The molecule has 15 heavy (non-hydrogen) atoms. The SMILES string of the molecule is Cn1cncc1CNc1ccccc1I. The quantitative estimate of drug-likeness (QED) is 0.883. The van der Waals surface area contributed by atoms with E-state index in [9.17, 15) is 0 Å². The summed E-state index contributed by atoms with van der Waals surface area (Å²) in [5, 5.41) is 3.39. The molecular weight excluding hydrogens is 301 g/mol. The van der Waals surface area contributed by atoms with Gasteiger partial charge in [0.25, 0.3) is 0 Å². The first-order valence-electron chi connectivity index (χ1n) is 4.71. The summed E-state index contributed by atoms with van der Waals surface area (Å²) in [6, 6.07) is 8.25. The highest BCUT2D eigenvalue weighted by Crippen LogP contribution is 2.17. The van der Waals surface area contributed by atoms with Crippen molar-refractivity contribution in [1.29, 1.82) is 0 Å². The maximum atomic E-state index is 4.08. The lowest BCUT2D eigenvalue weighted by atomic mass is 10.3. The molecule has 2 aromatic rings. The summed E-state index contributed by atoms with van der Waals surface area (Å²) in [5.41, 5.74) is 2.34. The van der Waals surface area contributed by atoms with Gasteiger partial charge in [-0.05, 0) is 34.7 Å². The summed E-state index contributed by atoms with van der Waals surface area (Å²) in [7, 11) is 2.00. The van der Waals surface area contributed by atoms with Crippen LogP contribution in [0.1, 0.15) is 5.69 Å². The molecule has 78 valence electrons. The Labute approximate surface area is 103 Å². The number of hydrogen-bond acceptors (Lipinski definition) is 2. The molecule has 0 aliphatic rings. The molecule has 0 fully saturated rings. The van der Waals surface area contributed by atoms with Crippen molar-refractivity contribution >= 4 is 28.3 Å². The van der Waals surface area contributed by atoms with Crippen LogP contribution in [0, 0.1) is 3.57 Å². The van der Waals surface area contributed by atoms with Gasteiger partial charge in [-0.15, -0.1) is 0 Å². The predicted molar refractivity (Wildman–Crippen MR) is 69.7 cm³/mol. The van der Waals surface area contributed by atoms with Gasteiger partial charge in [-0.1, -0.05) is 12.1 Å². The molecule has 0 unspecified atom stereocenters. The molecule has 0 amide bonds. The lowest BCUT2D eigenvalue weighted by Crippen LogP contribution is -2.04. The summed E-state index contributed by atoms with van der Waals surface area (Å²) in [6.45, 7) is 0.802. The van der Waals surface area contributed by atoms with E-state index in [4.69, 9.17) is 0 Å². The van der Waals surface area contributed by atoms with Crippen molar-refractivity contribution in [3.8, 4) is 0 Å². The summed E-state index contributed by atoms with van der Waals surface area (Å²) < 4.78 is 3.25. The Bertz CT molecular complexity index is 451. The van der Waals surface area contributed by atoms with Gasteiger partial charge in [0.05, 0.1) is 18.6 Å². The number of halogens is 1. The zero-order valence-electron chi connectivity index (χ0n) is 8.44. The van der Waals surface area contributed by atoms with Gasteiger partial charge in [0.15, 0.2) is 0 Å². The Morgan fingerprint density at radius 1 is 1.40 bits per heavy atom. The highest BCUT2D eigenvalue weighted by molar-refractivity contribution is 14.1. The third-order valence-electron chi connectivity index (χ3n) is 2.25. The Balaban J connectivity index is 2.06. The van der Waals surface area contributed by atoms with Crippen LogP contribution in [-0.2, 0) is 13.6 Å². The Kier molecular flexibility index (Phi) is 3.25. The zero-order valence-corrected chi connectivity index (χ0v) is 10.6. The third kappa shape index (κ3) is 2.50. The minimum Gasteiger partial charge on any atom is -0.379 e. The van der Waals surface area contributed by atoms with E-state index in [0.29, 0.717) is 0 Å². The number of anilines is 1. The second-order valence-electron chi connectivity index (χ2n) is 3.33. The molecule has 0 aliphatic heterocycles. The minimum absolute atomic E-state index is 0.802. The fraction of sp³-hybridized carbons (Fsp3) is 0.182. The van der Waals surface area contributed by atoms with Crippen LogP contribution in [0.5, 0.6) is 0 Å². The number of aromatic nitrogens is 2.